The van der Waals surface area contributed by atoms with Gasteiger partial charge in [-0.2, -0.15) is 9.40 Å². The van der Waals surface area contributed by atoms with Gasteiger partial charge in [-0.05, 0) is 25.7 Å². The van der Waals surface area contributed by atoms with E-state index in [1.54, 1.807) is 13.2 Å². The van der Waals surface area contributed by atoms with Gasteiger partial charge < -0.3 is 5.32 Å². The highest BCUT2D eigenvalue weighted by Gasteiger charge is 2.37. The summed E-state index contributed by atoms with van der Waals surface area (Å²) in [4.78, 5) is 0. The fourth-order valence-electron chi connectivity index (χ4n) is 1.97. The predicted octanol–water partition coefficient (Wildman–Crippen LogP) is 0.445. The lowest BCUT2D eigenvalue weighted by Gasteiger charge is -2.16. The molecule has 2 aliphatic carbocycles. The van der Waals surface area contributed by atoms with Crippen LogP contribution in [0.25, 0.3) is 0 Å². The molecular weight excluding hydrogens is 252 g/mol. The van der Waals surface area contributed by atoms with Crippen molar-refractivity contribution in [1.29, 1.82) is 0 Å². The van der Waals surface area contributed by atoms with E-state index in [1.165, 1.54) is 17.1 Å². The fourth-order valence-corrected chi connectivity index (χ4v) is 3.48. The van der Waals surface area contributed by atoms with Crippen LogP contribution in [0.5, 0.6) is 0 Å². The molecule has 0 aromatic carbocycles. The van der Waals surface area contributed by atoms with Crippen LogP contribution in [-0.2, 0) is 16.6 Å². The summed E-state index contributed by atoms with van der Waals surface area (Å²) in [5, 5.41) is 10.1. The van der Waals surface area contributed by atoms with Crippen molar-refractivity contribution < 1.29 is 8.42 Å². The van der Waals surface area contributed by atoms with Gasteiger partial charge in [-0.15, -0.1) is 0 Å². The Morgan fingerprint density at radius 1 is 1.44 bits per heavy atom. The van der Waals surface area contributed by atoms with E-state index in [1.807, 2.05) is 0 Å². The van der Waals surface area contributed by atoms with E-state index in [0.29, 0.717) is 12.6 Å². The first-order chi connectivity index (χ1) is 8.59. The van der Waals surface area contributed by atoms with Crippen molar-refractivity contribution in [2.75, 3.05) is 7.05 Å². The van der Waals surface area contributed by atoms with Gasteiger partial charge in [0.1, 0.15) is 0 Å². The summed E-state index contributed by atoms with van der Waals surface area (Å²) in [5.74, 6) is 0. The van der Waals surface area contributed by atoms with Gasteiger partial charge in [0.25, 0.3) is 10.0 Å². The first-order valence-corrected chi connectivity index (χ1v) is 7.76. The number of aromatic nitrogens is 2. The maximum absolute atomic E-state index is 12.4. The van der Waals surface area contributed by atoms with Gasteiger partial charge in [0.15, 0.2) is 5.03 Å². The summed E-state index contributed by atoms with van der Waals surface area (Å²) in [6.07, 6.45) is 5.88. The van der Waals surface area contributed by atoms with Gasteiger partial charge in [-0.1, -0.05) is 0 Å². The molecule has 2 saturated carbocycles. The SMILES string of the molecule is CN(C1CC1)S(=O)(=O)c1[nH]ncc1CNC1CC1. The third-order valence-corrected chi connectivity index (χ3v) is 5.46. The minimum absolute atomic E-state index is 0.169. The lowest BCUT2D eigenvalue weighted by molar-refractivity contribution is 0.460. The molecule has 1 heterocycles. The second-order valence-electron chi connectivity index (χ2n) is 5.13. The molecule has 0 radical (unpaired) electrons. The molecule has 2 fully saturated rings. The number of hydrogen-bond acceptors (Lipinski definition) is 4. The zero-order chi connectivity index (χ0) is 12.8. The monoisotopic (exact) mass is 270 g/mol. The molecule has 0 saturated heterocycles. The number of hydrogen-bond donors (Lipinski definition) is 2. The molecule has 0 bridgehead atoms. The van der Waals surface area contributed by atoms with Crippen LogP contribution in [0.4, 0.5) is 0 Å². The molecule has 2 aliphatic rings. The molecule has 3 rings (SSSR count). The lowest BCUT2D eigenvalue weighted by atomic mass is 10.3. The molecule has 0 aliphatic heterocycles. The summed E-state index contributed by atoms with van der Waals surface area (Å²) in [5.41, 5.74) is 0.731. The second kappa shape index (κ2) is 4.32. The summed E-state index contributed by atoms with van der Waals surface area (Å²) >= 11 is 0. The normalized spacial score (nSPS) is 20.6. The van der Waals surface area contributed by atoms with E-state index in [4.69, 9.17) is 0 Å². The van der Waals surface area contributed by atoms with Crippen LogP contribution in [0.1, 0.15) is 31.2 Å². The Morgan fingerprint density at radius 3 is 2.78 bits per heavy atom. The van der Waals surface area contributed by atoms with Gasteiger partial charge in [0.2, 0.25) is 0 Å². The fraction of sp³-hybridized carbons (Fsp3) is 0.727. The molecule has 18 heavy (non-hydrogen) atoms. The molecule has 2 N–H and O–H groups in total. The second-order valence-corrected chi connectivity index (χ2v) is 7.07. The largest absolute Gasteiger partial charge is 0.310 e. The molecule has 100 valence electrons. The van der Waals surface area contributed by atoms with E-state index in [2.05, 4.69) is 15.5 Å². The van der Waals surface area contributed by atoms with Crippen LogP contribution in [-0.4, -0.2) is 42.1 Å². The van der Waals surface area contributed by atoms with Crippen molar-refractivity contribution >= 4 is 10.0 Å². The molecule has 7 heteroatoms. The van der Waals surface area contributed by atoms with Crippen LogP contribution in [0.15, 0.2) is 11.2 Å². The Kier molecular flexibility index (Phi) is 2.91. The van der Waals surface area contributed by atoms with Gasteiger partial charge in [0, 0.05) is 31.2 Å². The summed E-state index contributed by atoms with van der Waals surface area (Å²) < 4.78 is 26.2. The zero-order valence-electron chi connectivity index (χ0n) is 10.4. The van der Waals surface area contributed by atoms with Crippen molar-refractivity contribution in [2.24, 2.45) is 0 Å². The van der Waals surface area contributed by atoms with Crippen molar-refractivity contribution in [1.82, 2.24) is 19.8 Å². The first kappa shape index (κ1) is 12.1. The number of rotatable bonds is 6. The molecule has 1 aromatic rings. The highest BCUT2D eigenvalue weighted by molar-refractivity contribution is 7.89. The van der Waals surface area contributed by atoms with Crippen molar-refractivity contribution in [3.8, 4) is 0 Å². The number of nitrogens with zero attached hydrogens (tertiary/aromatic N) is 2. The molecule has 0 unspecified atom stereocenters. The maximum atomic E-state index is 12.4. The van der Waals surface area contributed by atoms with Gasteiger partial charge in [0.05, 0.1) is 6.20 Å². The molecule has 0 amide bonds. The number of H-pyrrole nitrogens is 1. The first-order valence-electron chi connectivity index (χ1n) is 6.32. The Labute approximate surface area is 107 Å². The summed E-state index contributed by atoms with van der Waals surface area (Å²) in [7, 11) is -1.77. The minimum Gasteiger partial charge on any atom is -0.310 e. The summed E-state index contributed by atoms with van der Waals surface area (Å²) in [6.45, 7) is 0.564. The third-order valence-electron chi connectivity index (χ3n) is 3.53. The van der Waals surface area contributed by atoms with E-state index >= 15 is 0 Å². The average Bonchev–Trinajstić information content (AvgIpc) is 3.25. The quantitative estimate of drug-likeness (QED) is 0.786. The van der Waals surface area contributed by atoms with Crippen molar-refractivity contribution in [2.45, 2.75) is 49.3 Å². The Bertz CT molecular complexity index is 531. The van der Waals surface area contributed by atoms with Crippen molar-refractivity contribution in [3.63, 3.8) is 0 Å². The van der Waals surface area contributed by atoms with Crippen LogP contribution in [0.2, 0.25) is 0 Å². The van der Waals surface area contributed by atoms with Crippen LogP contribution < -0.4 is 5.32 Å². The maximum Gasteiger partial charge on any atom is 0.260 e. The Balaban J connectivity index is 1.79. The van der Waals surface area contributed by atoms with Crippen LogP contribution in [0, 0.1) is 0 Å². The third kappa shape index (κ3) is 2.30. The number of nitrogens with one attached hydrogen (secondary N) is 2. The summed E-state index contributed by atoms with van der Waals surface area (Å²) in [6, 6.07) is 0.721. The standard InChI is InChI=1S/C11H18N4O2S/c1-15(10-4-5-10)18(16,17)11-8(7-13-14-11)6-12-9-2-3-9/h7,9-10,12H,2-6H2,1H3,(H,13,14). The predicted molar refractivity (Wildman–Crippen MR) is 66.4 cm³/mol. The smallest absolute Gasteiger partial charge is 0.260 e. The topological polar surface area (TPSA) is 78.1 Å². The molecule has 1 aromatic heterocycles. The van der Waals surface area contributed by atoms with E-state index in [9.17, 15) is 8.42 Å². The van der Waals surface area contributed by atoms with Gasteiger partial charge >= 0.3 is 0 Å². The minimum atomic E-state index is -3.42. The average molecular weight is 270 g/mol. The Morgan fingerprint density at radius 2 is 2.17 bits per heavy atom. The number of sulfonamides is 1. The Hall–Kier alpha value is -0.920. The van der Waals surface area contributed by atoms with E-state index in [-0.39, 0.29) is 11.1 Å². The van der Waals surface area contributed by atoms with Crippen molar-refractivity contribution in [3.05, 3.63) is 11.8 Å². The highest BCUT2D eigenvalue weighted by atomic mass is 32.2. The number of aromatic amines is 1. The molecule has 0 atom stereocenters. The van der Waals surface area contributed by atoms with E-state index in [0.717, 1.165) is 18.4 Å². The lowest BCUT2D eigenvalue weighted by Crippen LogP contribution is -2.30. The molecule has 0 spiro atoms. The van der Waals surface area contributed by atoms with E-state index < -0.39 is 10.0 Å². The molecular formula is C11H18N4O2S. The van der Waals surface area contributed by atoms with Crippen LogP contribution in [0.3, 0.4) is 0 Å². The van der Waals surface area contributed by atoms with Crippen LogP contribution >= 0.6 is 0 Å². The zero-order valence-corrected chi connectivity index (χ0v) is 11.2. The molecule has 6 nitrogen and oxygen atoms in total. The highest BCUT2D eigenvalue weighted by Crippen LogP contribution is 2.30. The van der Waals surface area contributed by atoms with Gasteiger partial charge in [-0.3, -0.25) is 5.10 Å². The van der Waals surface area contributed by atoms with Gasteiger partial charge in [-0.25, -0.2) is 8.42 Å².